The molecule has 5 nitrogen and oxygen atoms in total. The summed E-state index contributed by atoms with van der Waals surface area (Å²) in [5, 5.41) is 0.717. The predicted octanol–water partition coefficient (Wildman–Crippen LogP) is 3.67. The summed E-state index contributed by atoms with van der Waals surface area (Å²) in [6, 6.07) is 12.0. The maximum Gasteiger partial charge on any atom is 0.237 e. The number of hydrogen-bond donors (Lipinski definition) is 1. The van der Waals surface area contributed by atoms with Crippen LogP contribution in [-0.4, -0.2) is 33.2 Å². The Bertz CT molecular complexity index is 795. The highest BCUT2D eigenvalue weighted by atomic mass is 32.2. The topological polar surface area (TPSA) is 61.9 Å². The van der Waals surface area contributed by atoms with Gasteiger partial charge in [-0.15, -0.1) is 0 Å². The number of thioether (sulfide) groups is 1. The Labute approximate surface area is 145 Å². The predicted molar refractivity (Wildman–Crippen MR) is 98.5 cm³/mol. The lowest BCUT2D eigenvalue weighted by Gasteiger charge is -2.21. The zero-order valence-corrected chi connectivity index (χ0v) is 14.6. The van der Waals surface area contributed by atoms with Crippen LogP contribution in [0, 0.1) is 0 Å². The van der Waals surface area contributed by atoms with E-state index in [-0.39, 0.29) is 5.91 Å². The normalized spacial score (nSPS) is 10.9. The molecule has 0 fully saturated rings. The lowest BCUT2D eigenvalue weighted by atomic mass is 10.1. The van der Waals surface area contributed by atoms with Crippen molar-refractivity contribution < 1.29 is 4.79 Å². The summed E-state index contributed by atoms with van der Waals surface area (Å²) in [6.45, 7) is 4.75. The van der Waals surface area contributed by atoms with Gasteiger partial charge in [-0.1, -0.05) is 30.8 Å². The zero-order valence-electron chi connectivity index (χ0n) is 13.8. The SMILES string of the molecule is CCc1ccc(N(CC)C(=O)CSc2nc3ncccc3[nH]2)cc1. The summed E-state index contributed by atoms with van der Waals surface area (Å²) >= 11 is 1.40. The number of nitrogens with one attached hydrogen (secondary N) is 1. The van der Waals surface area contributed by atoms with E-state index in [9.17, 15) is 4.79 Å². The molecule has 3 aromatic rings. The number of aromatic nitrogens is 3. The van der Waals surface area contributed by atoms with E-state index in [2.05, 4.69) is 34.0 Å². The van der Waals surface area contributed by atoms with Crippen molar-refractivity contribution in [2.45, 2.75) is 25.4 Å². The van der Waals surface area contributed by atoms with Crippen LogP contribution in [-0.2, 0) is 11.2 Å². The average molecular weight is 340 g/mol. The third-order valence-corrected chi connectivity index (χ3v) is 4.70. The van der Waals surface area contributed by atoms with Crippen LogP contribution in [0.5, 0.6) is 0 Å². The van der Waals surface area contributed by atoms with E-state index < -0.39 is 0 Å². The van der Waals surface area contributed by atoms with Gasteiger partial charge in [-0.05, 0) is 43.2 Å². The second-order valence-electron chi connectivity index (χ2n) is 5.36. The molecular weight excluding hydrogens is 320 g/mol. The summed E-state index contributed by atoms with van der Waals surface area (Å²) in [5.74, 6) is 0.406. The molecule has 3 rings (SSSR count). The van der Waals surface area contributed by atoms with Gasteiger partial charge >= 0.3 is 0 Å². The summed E-state index contributed by atoms with van der Waals surface area (Å²) in [7, 11) is 0. The van der Waals surface area contributed by atoms with Crippen molar-refractivity contribution in [2.24, 2.45) is 0 Å². The molecule has 0 aliphatic heterocycles. The first-order valence-corrected chi connectivity index (χ1v) is 9.02. The maximum absolute atomic E-state index is 12.6. The number of aryl methyl sites for hydroxylation is 1. The molecule has 124 valence electrons. The van der Waals surface area contributed by atoms with Crippen LogP contribution in [0.2, 0.25) is 0 Å². The monoisotopic (exact) mass is 340 g/mol. The van der Waals surface area contributed by atoms with Crippen molar-refractivity contribution >= 4 is 34.5 Å². The molecule has 0 spiro atoms. The van der Waals surface area contributed by atoms with Gasteiger partial charge in [-0.25, -0.2) is 9.97 Å². The first-order chi connectivity index (χ1) is 11.7. The standard InChI is InChI=1S/C18H20N4OS/c1-3-13-7-9-14(10-8-13)22(4-2)16(23)12-24-18-20-15-6-5-11-19-17(15)21-18/h5-11H,3-4,12H2,1-2H3,(H,19,20,21). The van der Waals surface area contributed by atoms with Crippen molar-refractivity contribution in [3.63, 3.8) is 0 Å². The molecule has 0 aliphatic carbocycles. The summed E-state index contributed by atoms with van der Waals surface area (Å²) < 4.78 is 0. The molecule has 0 atom stereocenters. The van der Waals surface area contributed by atoms with Gasteiger partial charge in [0.1, 0.15) is 0 Å². The summed E-state index contributed by atoms with van der Waals surface area (Å²) in [4.78, 5) is 26.1. The number of carbonyl (C=O) groups excluding carboxylic acids is 1. The van der Waals surface area contributed by atoms with E-state index in [1.54, 1.807) is 11.1 Å². The Morgan fingerprint density at radius 2 is 2.00 bits per heavy atom. The molecule has 0 unspecified atom stereocenters. The Morgan fingerprint density at radius 1 is 1.21 bits per heavy atom. The molecule has 1 amide bonds. The molecule has 0 aliphatic rings. The van der Waals surface area contributed by atoms with Crippen LogP contribution in [0.15, 0.2) is 47.8 Å². The maximum atomic E-state index is 12.6. The minimum Gasteiger partial charge on any atom is -0.332 e. The zero-order chi connectivity index (χ0) is 16.9. The molecule has 0 saturated carbocycles. The van der Waals surface area contributed by atoms with E-state index in [0.29, 0.717) is 17.9 Å². The lowest BCUT2D eigenvalue weighted by Crippen LogP contribution is -2.32. The Kier molecular flexibility index (Phi) is 5.15. The fourth-order valence-corrected chi connectivity index (χ4v) is 3.26. The number of carbonyl (C=O) groups is 1. The second kappa shape index (κ2) is 7.49. The van der Waals surface area contributed by atoms with Gasteiger partial charge in [-0.3, -0.25) is 4.79 Å². The van der Waals surface area contributed by atoms with Crippen LogP contribution in [0.3, 0.4) is 0 Å². The molecule has 2 heterocycles. The summed E-state index contributed by atoms with van der Waals surface area (Å²) in [5.41, 5.74) is 3.77. The van der Waals surface area contributed by atoms with E-state index in [1.165, 1.54) is 17.3 Å². The highest BCUT2D eigenvalue weighted by Crippen LogP contribution is 2.21. The van der Waals surface area contributed by atoms with Crippen LogP contribution >= 0.6 is 11.8 Å². The third kappa shape index (κ3) is 3.59. The smallest absolute Gasteiger partial charge is 0.237 e. The van der Waals surface area contributed by atoms with E-state index >= 15 is 0 Å². The van der Waals surface area contributed by atoms with Crippen molar-refractivity contribution in [1.29, 1.82) is 0 Å². The van der Waals surface area contributed by atoms with Gasteiger partial charge < -0.3 is 9.88 Å². The average Bonchev–Trinajstić information content (AvgIpc) is 3.04. The quantitative estimate of drug-likeness (QED) is 0.696. The number of aromatic amines is 1. The van der Waals surface area contributed by atoms with E-state index in [4.69, 9.17) is 0 Å². The number of nitrogens with zero attached hydrogens (tertiary/aromatic N) is 3. The van der Waals surface area contributed by atoms with Gasteiger partial charge in [0.15, 0.2) is 10.8 Å². The number of rotatable bonds is 6. The van der Waals surface area contributed by atoms with Crippen LogP contribution in [0.1, 0.15) is 19.4 Å². The third-order valence-electron chi connectivity index (χ3n) is 3.84. The van der Waals surface area contributed by atoms with E-state index in [0.717, 1.165) is 22.8 Å². The van der Waals surface area contributed by atoms with Crippen molar-refractivity contribution in [3.05, 3.63) is 48.2 Å². The number of amides is 1. The number of hydrogen-bond acceptors (Lipinski definition) is 4. The molecule has 6 heteroatoms. The van der Waals surface area contributed by atoms with Crippen LogP contribution in [0.4, 0.5) is 5.69 Å². The highest BCUT2D eigenvalue weighted by molar-refractivity contribution is 7.99. The summed E-state index contributed by atoms with van der Waals surface area (Å²) in [6.07, 6.45) is 2.71. The highest BCUT2D eigenvalue weighted by Gasteiger charge is 2.15. The minimum atomic E-state index is 0.0696. The first-order valence-electron chi connectivity index (χ1n) is 8.04. The van der Waals surface area contributed by atoms with Crippen LogP contribution in [0.25, 0.3) is 11.2 Å². The number of anilines is 1. The number of pyridine rings is 1. The molecule has 24 heavy (non-hydrogen) atoms. The number of H-pyrrole nitrogens is 1. The molecule has 0 radical (unpaired) electrons. The molecular formula is C18H20N4OS. The van der Waals surface area contributed by atoms with Gasteiger partial charge in [0.25, 0.3) is 0 Å². The Hall–Kier alpha value is -2.34. The van der Waals surface area contributed by atoms with Gasteiger partial charge in [0, 0.05) is 18.4 Å². The molecule has 2 aromatic heterocycles. The second-order valence-corrected chi connectivity index (χ2v) is 6.33. The first kappa shape index (κ1) is 16.5. The van der Waals surface area contributed by atoms with Gasteiger partial charge in [-0.2, -0.15) is 0 Å². The molecule has 0 saturated heterocycles. The van der Waals surface area contributed by atoms with Gasteiger partial charge in [0.05, 0.1) is 11.3 Å². The Balaban J connectivity index is 1.67. The lowest BCUT2D eigenvalue weighted by molar-refractivity contribution is -0.116. The molecule has 1 aromatic carbocycles. The number of fused-ring (bicyclic) bond motifs is 1. The number of benzene rings is 1. The fourth-order valence-electron chi connectivity index (χ4n) is 2.51. The molecule has 1 N–H and O–H groups in total. The van der Waals surface area contributed by atoms with Crippen molar-refractivity contribution in [1.82, 2.24) is 15.0 Å². The minimum absolute atomic E-state index is 0.0696. The molecule has 0 bridgehead atoms. The van der Waals surface area contributed by atoms with Gasteiger partial charge in [0.2, 0.25) is 5.91 Å². The largest absolute Gasteiger partial charge is 0.332 e. The number of imidazole rings is 1. The Morgan fingerprint density at radius 3 is 2.67 bits per heavy atom. The fraction of sp³-hybridized carbons (Fsp3) is 0.278. The van der Waals surface area contributed by atoms with Crippen LogP contribution < -0.4 is 4.90 Å². The van der Waals surface area contributed by atoms with Crippen molar-refractivity contribution in [2.75, 3.05) is 17.2 Å². The van der Waals surface area contributed by atoms with E-state index in [1.807, 2.05) is 31.2 Å². The van der Waals surface area contributed by atoms with Crippen molar-refractivity contribution in [3.8, 4) is 0 Å².